The number of hydrogen-bond acceptors (Lipinski definition) is 3. The zero-order valence-corrected chi connectivity index (χ0v) is 8.75. The van der Waals surface area contributed by atoms with Crippen molar-refractivity contribution in [3.8, 4) is 11.1 Å². The molecule has 1 heterocycles. The quantitative estimate of drug-likeness (QED) is 0.570. The van der Waals surface area contributed by atoms with Gasteiger partial charge < -0.3 is 10.1 Å². The summed E-state index contributed by atoms with van der Waals surface area (Å²) in [6.45, 7) is 1.86. The molecule has 0 aliphatic rings. The van der Waals surface area contributed by atoms with Gasteiger partial charge in [0.15, 0.2) is 0 Å². The Labute approximate surface area is 92.7 Å². The highest BCUT2D eigenvalue weighted by molar-refractivity contribution is 5.71. The molecular formula is C12H10N2O2. The first-order valence-electron chi connectivity index (χ1n) is 4.85. The van der Waals surface area contributed by atoms with Crippen molar-refractivity contribution in [3.05, 3.63) is 58.3 Å². The highest BCUT2D eigenvalue weighted by atomic mass is 16.6. The van der Waals surface area contributed by atoms with Gasteiger partial charge in [-0.25, -0.2) is 0 Å². The topological polar surface area (TPSA) is 56.0 Å². The molecule has 16 heavy (non-hydrogen) atoms. The zero-order chi connectivity index (χ0) is 11.5. The van der Waals surface area contributed by atoms with Crippen molar-refractivity contribution in [2.45, 2.75) is 6.92 Å². The molecule has 1 aromatic heterocycles. The Morgan fingerprint density at radius 3 is 2.56 bits per heavy atom. The molecule has 0 atom stereocenters. The Kier molecular flexibility index (Phi) is 2.64. The van der Waals surface area contributed by atoms with Crippen molar-refractivity contribution in [1.82, 2.24) is 4.98 Å². The van der Waals surface area contributed by atoms with Crippen LogP contribution in [0.1, 0.15) is 5.56 Å². The van der Waals surface area contributed by atoms with Crippen molar-refractivity contribution in [2.75, 3.05) is 0 Å². The molecule has 0 unspecified atom stereocenters. The van der Waals surface area contributed by atoms with Crippen molar-refractivity contribution in [1.29, 1.82) is 0 Å². The lowest BCUT2D eigenvalue weighted by Crippen LogP contribution is -1.96. The monoisotopic (exact) mass is 214 g/mol. The number of rotatable bonds is 2. The first-order valence-corrected chi connectivity index (χ1v) is 4.85. The van der Waals surface area contributed by atoms with Crippen LogP contribution in [0.25, 0.3) is 11.1 Å². The highest BCUT2D eigenvalue weighted by Crippen LogP contribution is 2.28. The second-order valence-corrected chi connectivity index (χ2v) is 3.51. The molecule has 4 heteroatoms. The number of pyridine rings is 1. The summed E-state index contributed by atoms with van der Waals surface area (Å²) in [5, 5.41) is 10.8. The molecule has 0 saturated heterocycles. The van der Waals surface area contributed by atoms with Crippen LogP contribution in [-0.2, 0) is 0 Å². The van der Waals surface area contributed by atoms with Crippen LogP contribution in [-0.4, -0.2) is 9.91 Å². The molecule has 0 radical (unpaired) electrons. The first kappa shape index (κ1) is 10.3. The molecule has 2 rings (SSSR count). The van der Waals surface area contributed by atoms with E-state index in [4.69, 9.17) is 0 Å². The van der Waals surface area contributed by atoms with Crippen LogP contribution >= 0.6 is 0 Å². The maximum absolute atomic E-state index is 10.8. The van der Waals surface area contributed by atoms with Crippen molar-refractivity contribution in [3.63, 3.8) is 0 Å². The summed E-state index contributed by atoms with van der Waals surface area (Å²) in [7, 11) is 0. The van der Waals surface area contributed by atoms with Gasteiger partial charge in [-0.2, -0.15) is 0 Å². The maximum Gasteiger partial charge on any atom is 0.371 e. The molecule has 0 N–H and O–H groups in total. The Balaban J connectivity index is 2.63. The molecule has 0 fully saturated rings. The van der Waals surface area contributed by atoms with E-state index in [0.29, 0.717) is 5.56 Å². The molecule has 0 amide bonds. The van der Waals surface area contributed by atoms with E-state index in [1.54, 1.807) is 6.07 Å². The predicted octanol–water partition coefficient (Wildman–Crippen LogP) is 2.97. The minimum Gasteiger partial charge on any atom is -0.358 e. The third-order valence-electron chi connectivity index (χ3n) is 2.26. The Morgan fingerprint density at radius 2 is 1.94 bits per heavy atom. The summed E-state index contributed by atoms with van der Waals surface area (Å²) in [4.78, 5) is 14.2. The van der Waals surface area contributed by atoms with E-state index in [2.05, 4.69) is 4.98 Å². The third-order valence-corrected chi connectivity index (χ3v) is 2.26. The van der Waals surface area contributed by atoms with E-state index in [-0.39, 0.29) is 5.82 Å². The summed E-state index contributed by atoms with van der Waals surface area (Å²) < 4.78 is 0. The Bertz CT molecular complexity index is 524. The molecule has 80 valence electrons. The second-order valence-electron chi connectivity index (χ2n) is 3.51. The Morgan fingerprint density at radius 1 is 1.25 bits per heavy atom. The van der Waals surface area contributed by atoms with Crippen molar-refractivity contribution >= 4 is 5.82 Å². The molecule has 0 spiro atoms. The number of aromatic nitrogens is 1. The van der Waals surface area contributed by atoms with E-state index in [1.807, 2.05) is 37.3 Å². The highest BCUT2D eigenvalue weighted by Gasteiger charge is 2.16. The van der Waals surface area contributed by atoms with Crippen LogP contribution in [0.5, 0.6) is 0 Å². The van der Waals surface area contributed by atoms with Crippen LogP contribution in [0, 0.1) is 17.0 Å². The average Bonchev–Trinajstić information content (AvgIpc) is 2.29. The molecule has 0 aliphatic carbocycles. The molecule has 4 nitrogen and oxygen atoms in total. The maximum atomic E-state index is 10.8. The summed E-state index contributed by atoms with van der Waals surface area (Å²) in [6, 6.07) is 11.0. The summed E-state index contributed by atoms with van der Waals surface area (Å²) in [5.74, 6) is -0.100. The predicted molar refractivity (Wildman–Crippen MR) is 61.1 cm³/mol. The molecule has 2 aromatic rings. The van der Waals surface area contributed by atoms with Crippen LogP contribution < -0.4 is 0 Å². The van der Waals surface area contributed by atoms with E-state index >= 15 is 0 Å². The number of benzene rings is 1. The molecular weight excluding hydrogens is 204 g/mol. The zero-order valence-electron chi connectivity index (χ0n) is 8.75. The van der Waals surface area contributed by atoms with Crippen LogP contribution in [0.3, 0.4) is 0 Å². The van der Waals surface area contributed by atoms with E-state index in [1.165, 1.54) is 6.20 Å². The van der Waals surface area contributed by atoms with Gasteiger partial charge in [-0.3, -0.25) is 0 Å². The summed E-state index contributed by atoms with van der Waals surface area (Å²) >= 11 is 0. The van der Waals surface area contributed by atoms with Crippen LogP contribution in [0.4, 0.5) is 5.82 Å². The lowest BCUT2D eigenvalue weighted by Gasteiger charge is -2.02. The van der Waals surface area contributed by atoms with E-state index in [9.17, 15) is 10.1 Å². The molecule has 1 aromatic carbocycles. The van der Waals surface area contributed by atoms with Gasteiger partial charge in [0.25, 0.3) is 0 Å². The summed E-state index contributed by atoms with van der Waals surface area (Å²) in [5.41, 5.74) is 2.28. The number of hydrogen-bond donors (Lipinski definition) is 0. The van der Waals surface area contributed by atoms with Crippen LogP contribution in [0.2, 0.25) is 0 Å². The first-order chi connectivity index (χ1) is 7.68. The Hall–Kier alpha value is -2.23. The lowest BCUT2D eigenvalue weighted by atomic mass is 10.1. The smallest absolute Gasteiger partial charge is 0.358 e. The van der Waals surface area contributed by atoms with Gasteiger partial charge in [-0.05, 0) is 34.0 Å². The SMILES string of the molecule is Cc1cnc([N+](=O)[O-])c(-c2ccccc2)c1. The van der Waals surface area contributed by atoms with E-state index in [0.717, 1.165) is 11.1 Å². The second kappa shape index (κ2) is 4.10. The van der Waals surface area contributed by atoms with Crippen LogP contribution in [0.15, 0.2) is 42.6 Å². The van der Waals surface area contributed by atoms with Gasteiger partial charge in [0, 0.05) is 0 Å². The molecule has 0 aliphatic heterocycles. The minimum absolute atomic E-state index is 0.100. The van der Waals surface area contributed by atoms with Gasteiger partial charge in [0.2, 0.25) is 0 Å². The fraction of sp³-hybridized carbons (Fsp3) is 0.0833. The standard InChI is InChI=1S/C12H10N2O2/c1-9-7-11(10-5-3-2-4-6-10)12(13-8-9)14(15)16/h2-8H,1H3. The number of aryl methyl sites for hydroxylation is 1. The molecule has 0 saturated carbocycles. The molecule has 0 bridgehead atoms. The van der Waals surface area contributed by atoms with Crippen molar-refractivity contribution in [2.24, 2.45) is 0 Å². The van der Waals surface area contributed by atoms with Crippen molar-refractivity contribution < 1.29 is 4.92 Å². The number of nitrogens with zero attached hydrogens (tertiary/aromatic N) is 2. The third kappa shape index (κ3) is 1.91. The summed E-state index contributed by atoms with van der Waals surface area (Å²) in [6.07, 6.45) is 1.50. The normalized spacial score (nSPS) is 10.1. The average molecular weight is 214 g/mol. The lowest BCUT2D eigenvalue weighted by molar-refractivity contribution is -0.388. The van der Waals surface area contributed by atoms with Gasteiger partial charge in [-0.1, -0.05) is 30.3 Å². The van der Waals surface area contributed by atoms with E-state index < -0.39 is 4.92 Å². The minimum atomic E-state index is -0.457. The fourth-order valence-electron chi connectivity index (χ4n) is 1.54. The van der Waals surface area contributed by atoms with Gasteiger partial charge in [0.05, 0.1) is 5.56 Å². The van der Waals surface area contributed by atoms with Gasteiger partial charge in [0.1, 0.15) is 6.20 Å². The van der Waals surface area contributed by atoms with Gasteiger partial charge >= 0.3 is 5.82 Å². The fourth-order valence-corrected chi connectivity index (χ4v) is 1.54. The van der Waals surface area contributed by atoms with Gasteiger partial charge in [-0.15, -0.1) is 0 Å². The largest absolute Gasteiger partial charge is 0.371 e. The number of nitro groups is 1.